The first-order valence-corrected chi connectivity index (χ1v) is 10.6. The molecule has 0 bridgehead atoms. The van der Waals surface area contributed by atoms with E-state index in [-0.39, 0.29) is 29.0 Å². The van der Waals surface area contributed by atoms with E-state index < -0.39 is 15.9 Å². The first-order chi connectivity index (χ1) is 13.5. The molecule has 2 amide bonds. The number of rotatable bonds is 2. The highest BCUT2D eigenvalue weighted by molar-refractivity contribution is 7.90. The van der Waals surface area contributed by atoms with Gasteiger partial charge in [-0.3, -0.25) is 9.69 Å². The average molecular weight is 413 g/mol. The molecule has 0 fully saturated rings. The van der Waals surface area contributed by atoms with Crippen molar-refractivity contribution < 1.29 is 23.1 Å². The summed E-state index contributed by atoms with van der Waals surface area (Å²) in [5.74, 6) is -0.252. The predicted molar refractivity (Wildman–Crippen MR) is 108 cm³/mol. The molecular formula is C20H19N3O5S. The van der Waals surface area contributed by atoms with Crippen molar-refractivity contribution in [1.29, 1.82) is 5.26 Å². The van der Waals surface area contributed by atoms with Crippen LogP contribution in [0.25, 0.3) is 11.1 Å². The third-order valence-corrected chi connectivity index (χ3v) is 5.97. The molecule has 0 saturated heterocycles. The Morgan fingerprint density at radius 3 is 2.28 bits per heavy atom. The zero-order chi connectivity index (χ0) is 21.5. The predicted octanol–water partition coefficient (Wildman–Crippen LogP) is 2.87. The highest BCUT2D eigenvalue weighted by Gasteiger charge is 2.34. The number of hydrogen-bond acceptors (Lipinski definition) is 5. The molecule has 8 nitrogen and oxygen atoms in total. The highest BCUT2D eigenvalue weighted by atomic mass is 32.2. The van der Waals surface area contributed by atoms with Crippen LogP contribution in [0.5, 0.6) is 0 Å². The normalized spacial score (nSPS) is 16.1. The van der Waals surface area contributed by atoms with Gasteiger partial charge in [0.1, 0.15) is 0 Å². The second-order valence-corrected chi connectivity index (χ2v) is 8.94. The second kappa shape index (κ2) is 7.22. The highest BCUT2D eigenvalue weighted by Crippen LogP contribution is 2.41. The van der Waals surface area contributed by atoms with Crippen LogP contribution in [-0.2, 0) is 14.6 Å². The molecule has 2 aromatic carbocycles. The number of sulfone groups is 1. The van der Waals surface area contributed by atoms with Crippen molar-refractivity contribution in [2.45, 2.75) is 24.8 Å². The molecule has 150 valence electrons. The molecule has 9 heteroatoms. The number of carboxylic acid groups (broad SMARTS) is 1. The number of fused-ring (bicyclic) bond motifs is 1. The van der Waals surface area contributed by atoms with Gasteiger partial charge in [-0.15, -0.1) is 0 Å². The molecule has 0 saturated carbocycles. The van der Waals surface area contributed by atoms with Gasteiger partial charge in [0.15, 0.2) is 9.84 Å². The van der Waals surface area contributed by atoms with Crippen molar-refractivity contribution >= 4 is 33.2 Å². The van der Waals surface area contributed by atoms with Crippen LogP contribution < -0.4 is 9.80 Å². The monoisotopic (exact) mass is 413 g/mol. The summed E-state index contributed by atoms with van der Waals surface area (Å²) in [6.07, 6.45) is -0.0616. The molecule has 1 aliphatic heterocycles. The van der Waals surface area contributed by atoms with Gasteiger partial charge in [0.2, 0.25) is 5.91 Å². The summed E-state index contributed by atoms with van der Waals surface area (Å²) < 4.78 is 23.4. The van der Waals surface area contributed by atoms with Crippen LogP contribution >= 0.6 is 0 Å². The van der Waals surface area contributed by atoms with Crippen molar-refractivity contribution in [2.24, 2.45) is 0 Å². The largest absolute Gasteiger partial charge is 0.465 e. The number of nitrogens with zero attached hydrogens (tertiary/aromatic N) is 3. The Morgan fingerprint density at radius 2 is 1.79 bits per heavy atom. The van der Waals surface area contributed by atoms with Crippen LogP contribution in [0.15, 0.2) is 41.3 Å². The van der Waals surface area contributed by atoms with Gasteiger partial charge in [-0.2, -0.15) is 5.26 Å². The van der Waals surface area contributed by atoms with Gasteiger partial charge < -0.3 is 10.0 Å². The third kappa shape index (κ3) is 3.67. The van der Waals surface area contributed by atoms with Crippen LogP contribution in [0.3, 0.4) is 0 Å². The summed E-state index contributed by atoms with van der Waals surface area (Å²) in [7, 11) is -3.37. The van der Waals surface area contributed by atoms with Crippen molar-refractivity contribution in [2.75, 3.05) is 22.6 Å². The van der Waals surface area contributed by atoms with Crippen molar-refractivity contribution in [3.05, 3.63) is 42.0 Å². The van der Waals surface area contributed by atoms with Crippen LogP contribution in [0.1, 0.15) is 19.4 Å². The lowest BCUT2D eigenvalue weighted by Gasteiger charge is -2.40. The molecule has 29 heavy (non-hydrogen) atoms. The van der Waals surface area contributed by atoms with Crippen LogP contribution in [0.2, 0.25) is 0 Å². The van der Waals surface area contributed by atoms with Gasteiger partial charge in [-0.1, -0.05) is 12.1 Å². The van der Waals surface area contributed by atoms with E-state index in [1.807, 2.05) is 0 Å². The second-order valence-electron chi connectivity index (χ2n) is 6.93. The van der Waals surface area contributed by atoms with E-state index in [0.717, 1.165) is 11.2 Å². The minimum absolute atomic E-state index is 0.0975. The molecular weight excluding hydrogens is 394 g/mol. The van der Waals surface area contributed by atoms with Crippen LogP contribution in [-0.4, -0.2) is 44.4 Å². The summed E-state index contributed by atoms with van der Waals surface area (Å²) in [4.78, 5) is 26.7. The molecule has 0 radical (unpaired) electrons. The van der Waals surface area contributed by atoms with E-state index in [4.69, 9.17) is 0 Å². The van der Waals surface area contributed by atoms with E-state index in [1.54, 1.807) is 25.1 Å². The first-order valence-electron chi connectivity index (χ1n) is 8.73. The SMILES string of the molecule is CC(=O)N1c2cc(C#N)c(-c3ccc(S(C)(=O)=O)cc3)cc2N(C(=O)O)C[C@@H]1C. The summed E-state index contributed by atoms with van der Waals surface area (Å²) in [6, 6.07) is 10.8. The lowest BCUT2D eigenvalue weighted by atomic mass is 9.96. The zero-order valence-corrected chi connectivity index (χ0v) is 16.9. The number of nitriles is 1. The number of carbonyl (C=O) groups is 2. The third-order valence-electron chi connectivity index (χ3n) is 4.84. The fraction of sp³-hybridized carbons (Fsp3) is 0.250. The molecule has 2 aromatic rings. The number of hydrogen-bond donors (Lipinski definition) is 1. The Hall–Kier alpha value is -3.38. The fourth-order valence-corrected chi connectivity index (χ4v) is 4.17. The molecule has 0 spiro atoms. The van der Waals surface area contributed by atoms with Crippen molar-refractivity contribution in [3.63, 3.8) is 0 Å². The van der Waals surface area contributed by atoms with E-state index in [1.165, 1.54) is 30.0 Å². The van der Waals surface area contributed by atoms with Gasteiger partial charge in [-0.25, -0.2) is 13.2 Å². The number of amides is 2. The average Bonchev–Trinajstić information content (AvgIpc) is 2.65. The molecule has 1 atom stereocenters. The molecule has 0 aliphatic carbocycles. The van der Waals surface area contributed by atoms with E-state index >= 15 is 0 Å². The summed E-state index contributed by atoms with van der Waals surface area (Å²) >= 11 is 0. The molecule has 1 N–H and O–H groups in total. The Labute approximate surface area is 168 Å². The minimum Gasteiger partial charge on any atom is -0.465 e. The fourth-order valence-electron chi connectivity index (χ4n) is 3.54. The van der Waals surface area contributed by atoms with Gasteiger partial charge in [0, 0.05) is 25.3 Å². The molecule has 0 aromatic heterocycles. The maximum absolute atomic E-state index is 12.2. The zero-order valence-electron chi connectivity index (χ0n) is 16.1. The van der Waals surface area contributed by atoms with Crippen LogP contribution in [0, 0.1) is 11.3 Å². The maximum Gasteiger partial charge on any atom is 0.411 e. The van der Waals surface area contributed by atoms with Crippen LogP contribution in [0.4, 0.5) is 16.2 Å². The molecule has 1 aliphatic rings. The standard InChI is InChI=1S/C20H19N3O5S/c1-12-11-22(20(25)26)18-9-17(14-4-6-16(7-5-14)29(3,27)28)15(10-21)8-19(18)23(12)13(2)24/h4-9,12H,11H2,1-3H3,(H,25,26)/t12-/m0/s1. The lowest BCUT2D eigenvalue weighted by Crippen LogP contribution is -2.51. The van der Waals surface area contributed by atoms with Gasteiger partial charge >= 0.3 is 6.09 Å². The molecule has 3 rings (SSSR count). The quantitative estimate of drug-likeness (QED) is 0.809. The summed E-state index contributed by atoms with van der Waals surface area (Å²) in [5.41, 5.74) is 1.92. The minimum atomic E-state index is -3.37. The van der Waals surface area contributed by atoms with E-state index in [0.29, 0.717) is 22.5 Å². The van der Waals surface area contributed by atoms with Crippen molar-refractivity contribution in [3.8, 4) is 17.2 Å². The smallest absolute Gasteiger partial charge is 0.411 e. The maximum atomic E-state index is 12.2. The Balaban J connectivity index is 2.23. The van der Waals surface area contributed by atoms with E-state index in [9.17, 15) is 28.4 Å². The van der Waals surface area contributed by atoms with Crippen molar-refractivity contribution in [1.82, 2.24) is 0 Å². The number of carbonyl (C=O) groups excluding carboxylic acids is 1. The first kappa shape index (κ1) is 20.4. The Bertz CT molecular complexity index is 1150. The van der Waals surface area contributed by atoms with Gasteiger partial charge in [0.05, 0.1) is 33.9 Å². The lowest BCUT2D eigenvalue weighted by molar-refractivity contribution is -0.117. The van der Waals surface area contributed by atoms with E-state index in [2.05, 4.69) is 6.07 Å². The van der Waals surface area contributed by atoms with Gasteiger partial charge in [0.25, 0.3) is 0 Å². The Morgan fingerprint density at radius 1 is 1.17 bits per heavy atom. The van der Waals surface area contributed by atoms with Gasteiger partial charge in [-0.05, 0) is 36.8 Å². The number of anilines is 2. The summed E-state index contributed by atoms with van der Waals surface area (Å²) in [5, 5.41) is 19.3. The molecule has 0 unspecified atom stereocenters. The molecule has 1 heterocycles. The Kier molecular flexibility index (Phi) is 5.07. The topological polar surface area (TPSA) is 119 Å². The number of benzene rings is 2. The summed E-state index contributed by atoms with van der Waals surface area (Å²) in [6.45, 7) is 3.23.